The van der Waals surface area contributed by atoms with Crippen LogP contribution in [0.3, 0.4) is 0 Å². The van der Waals surface area contributed by atoms with E-state index in [1.807, 2.05) is 0 Å². The molecule has 4 heteroatoms. The Morgan fingerprint density at radius 2 is 2.33 bits per heavy atom. The van der Waals surface area contributed by atoms with E-state index in [2.05, 4.69) is 10.9 Å². The topological polar surface area (TPSA) is 43.2 Å². The zero-order chi connectivity index (χ0) is 8.55. The summed E-state index contributed by atoms with van der Waals surface area (Å²) >= 11 is 0. The second-order valence-corrected chi connectivity index (χ2v) is 2.54. The van der Waals surface area contributed by atoms with Gasteiger partial charge < -0.3 is 5.43 Å². The highest BCUT2D eigenvalue weighted by molar-refractivity contribution is 6.03. The average molecular weight is 165 g/mol. The fourth-order valence-corrected chi connectivity index (χ4v) is 1.13. The molecule has 12 heavy (non-hydrogen) atoms. The van der Waals surface area contributed by atoms with Gasteiger partial charge in [-0.15, -0.1) is 5.43 Å². The molecule has 1 aliphatic heterocycles. The van der Waals surface area contributed by atoms with Crippen molar-refractivity contribution in [2.45, 2.75) is 0 Å². The minimum atomic E-state index is -0.397. The maximum absolute atomic E-state index is 12.7. The number of carbonyl (C=O) groups excluding carboxylic acids is 1. The van der Waals surface area contributed by atoms with Gasteiger partial charge in [0.15, 0.2) is 5.78 Å². The van der Waals surface area contributed by atoms with Crippen LogP contribution in [-0.2, 0) is 0 Å². The molecule has 0 aliphatic carbocycles. The lowest BCUT2D eigenvalue weighted by molar-refractivity contribution is 0.0988. The summed E-state index contributed by atoms with van der Waals surface area (Å²) < 4.78 is 12.7. The number of carbonyl (C=O) groups is 1. The first-order valence-corrected chi connectivity index (χ1v) is 3.52. The van der Waals surface area contributed by atoms with Crippen LogP contribution < -0.4 is 10.9 Å². The molecule has 1 radical (unpaired) electrons. The minimum Gasteiger partial charge on any atom is -0.303 e. The largest absolute Gasteiger partial charge is 0.303 e. The Kier molecular flexibility index (Phi) is 1.55. The van der Waals surface area contributed by atoms with Crippen molar-refractivity contribution in [1.82, 2.24) is 5.43 Å². The number of hydrogen-bond acceptors (Lipinski definition) is 2. The molecular weight excluding hydrogens is 159 g/mol. The second kappa shape index (κ2) is 2.57. The fraction of sp³-hybridized carbons (Fsp3) is 0.125. The van der Waals surface area contributed by atoms with Crippen LogP contribution in [0, 0.1) is 5.82 Å². The van der Waals surface area contributed by atoms with Crippen molar-refractivity contribution in [3.63, 3.8) is 0 Å². The molecule has 0 atom stereocenters. The number of nitrogens with one attached hydrogen (secondary N) is 1. The van der Waals surface area contributed by atoms with Crippen LogP contribution in [0.25, 0.3) is 0 Å². The second-order valence-electron chi connectivity index (χ2n) is 2.54. The molecule has 1 aromatic carbocycles. The van der Waals surface area contributed by atoms with E-state index in [1.165, 1.54) is 18.2 Å². The molecule has 0 aromatic heterocycles. The third-order valence-electron chi connectivity index (χ3n) is 1.70. The van der Waals surface area contributed by atoms with Crippen molar-refractivity contribution in [1.29, 1.82) is 0 Å². The summed E-state index contributed by atoms with van der Waals surface area (Å²) in [5.74, 6) is -0.547. The van der Waals surface area contributed by atoms with Crippen LogP contribution in [0.5, 0.6) is 0 Å². The number of benzene rings is 1. The number of hydrogen-bond donors (Lipinski definition) is 1. The highest BCUT2D eigenvalue weighted by Gasteiger charge is 2.17. The van der Waals surface area contributed by atoms with Gasteiger partial charge in [-0.2, -0.15) is 0 Å². The summed E-state index contributed by atoms with van der Waals surface area (Å²) in [5.41, 5.74) is 7.32. The third-order valence-corrected chi connectivity index (χ3v) is 1.70. The van der Waals surface area contributed by atoms with Crippen LogP contribution in [0.1, 0.15) is 10.4 Å². The van der Waals surface area contributed by atoms with Crippen LogP contribution in [0.15, 0.2) is 18.2 Å². The zero-order valence-electron chi connectivity index (χ0n) is 6.17. The van der Waals surface area contributed by atoms with Gasteiger partial charge in [0.2, 0.25) is 0 Å². The van der Waals surface area contributed by atoms with Crippen LogP contribution in [-0.4, -0.2) is 12.3 Å². The van der Waals surface area contributed by atoms with Gasteiger partial charge in [0.05, 0.1) is 12.2 Å². The van der Waals surface area contributed by atoms with E-state index in [0.29, 0.717) is 11.3 Å². The quantitative estimate of drug-likeness (QED) is 0.622. The molecular formula is C8H6FN2O. The van der Waals surface area contributed by atoms with Gasteiger partial charge >= 0.3 is 0 Å². The van der Waals surface area contributed by atoms with Crippen molar-refractivity contribution >= 4 is 11.5 Å². The predicted octanol–water partition coefficient (Wildman–Crippen LogP) is 0.953. The first-order valence-electron chi connectivity index (χ1n) is 3.52. The monoisotopic (exact) mass is 165 g/mol. The minimum absolute atomic E-state index is 0.0798. The van der Waals surface area contributed by atoms with E-state index < -0.39 is 5.82 Å². The molecule has 0 unspecified atom stereocenters. The Morgan fingerprint density at radius 1 is 1.50 bits per heavy atom. The maximum Gasteiger partial charge on any atom is 0.182 e. The van der Waals surface area contributed by atoms with Crippen LogP contribution in [0.2, 0.25) is 0 Å². The van der Waals surface area contributed by atoms with E-state index in [1.54, 1.807) is 0 Å². The summed E-state index contributed by atoms with van der Waals surface area (Å²) in [6.45, 7) is 0.0798. The normalized spacial score (nSPS) is 15.2. The highest BCUT2D eigenvalue weighted by atomic mass is 19.1. The molecule has 0 saturated heterocycles. The molecule has 0 amide bonds. The van der Waals surface area contributed by atoms with E-state index in [4.69, 9.17) is 0 Å². The first-order chi connectivity index (χ1) is 5.77. The molecule has 3 nitrogen and oxygen atoms in total. The summed E-state index contributed by atoms with van der Waals surface area (Å²) in [4.78, 5) is 11.1. The smallest absolute Gasteiger partial charge is 0.182 e. The van der Waals surface area contributed by atoms with E-state index >= 15 is 0 Å². The third kappa shape index (κ3) is 1.06. The zero-order valence-corrected chi connectivity index (χ0v) is 6.17. The van der Waals surface area contributed by atoms with Gasteiger partial charge in [0.25, 0.3) is 0 Å². The molecule has 0 saturated carbocycles. The molecule has 0 spiro atoms. The number of halogens is 1. The van der Waals surface area contributed by atoms with Crippen molar-refractivity contribution in [2.75, 3.05) is 12.0 Å². The first kappa shape index (κ1) is 7.24. The standard InChI is InChI=1S/C8H6FN2O/c9-5-1-2-7-6(3-5)8(12)4-10-11-7/h1-3,11H,4H2. The maximum atomic E-state index is 12.7. The summed E-state index contributed by atoms with van der Waals surface area (Å²) in [5, 5.41) is 0. The number of Topliss-reactive ketones (excluding diaryl/α,β-unsaturated/α-hetero) is 1. The number of anilines is 1. The van der Waals surface area contributed by atoms with Crippen molar-refractivity contribution in [3.8, 4) is 0 Å². The molecule has 1 heterocycles. The van der Waals surface area contributed by atoms with E-state index in [9.17, 15) is 9.18 Å². The fourth-order valence-electron chi connectivity index (χ4n) is 1.13. The molecule has 2 rings (SSSR count). The summed E-state index contributed by atoms with van der Waals surface area (Å²) in [7, 11) is 0. The predicted molar refractivity (Wildman–Crippen MR) is 41.4 cm³/mol. The van der Waals surface area contributed by atoms with Gasteiger partial charge in [-0.05, 0) is 18.2 Å². The van der Waals surface area contributed by atoms with Gasteiger partial charge in [0, 0.05) is 5.56 Å². The van der Waals surface area contributed by atoms with Gasteiger partial charge in [-0.25, -0.2) is 4.39 Å². The highest BCUT2D eigenvalue weighted by Crippen LogP contribution is 2.19. The van der Waals surface area contributed by atoms with E-state index in [-0.39, 0.29) is 12.3 Å². The van der Waals surface area contributed by atoms with E-state index in [0.717, 1.165) is 0 Å². The molecule has 61 valence electrons. The number of ketones is 1. The van der Waals surface area contributed by atoms with Crippen LogP contribution >= 0.6 is 0 Å². The number of rotatable bonds is 0. The van der Waals surface area contributed by atoms with Crippen LogP contribution in [0.4, 0.5) is 10.1 Å². The lowest BCUT2D eigenvalue weighted by atomic mass is 10.1. The molecule has 0 bridgehead atoms. The van der Waals surface area contributed by atoms with Gasteiger partial charge in [-0.1, -0.05) is 0 Å². The lowest BCUT2D eigenvalue weighted by Gasteiger charge is -2.15. The molecule has 1 aliphatic rings. The Bertz CT molecular complexity index is 338. The number of fused-ring (bicyclic) bond motifs is 1. The SMILES string of the molecule is O=C1C[N]Nc2ccc(F)cc21. The Balaban J connectivity index is 2.54. The van der Waals surface area contributed by atoms with Gasteiger partial charge in [0.1, 0.15) is 5.82 Å². The molecule has 1 aromatic rings. The van der Waals surface area contributed by atoms with Gasteiger partial charge in [-0.3, -0.25) is 4.79 Å². The lowest BCUT2D eigenvalue weighted by Crippen LogP contribution is -2.28. The summed E-state index contributed by atoms with van der Waals surface area (Å²) in [6.07, 6.45) is 0. The van der Waals surface area contributed by atoms with Crippen molar-refractivity contribution in [3.05, 3.63) is 29.6 Å². The molecule has 0 fully saturated rings. The summed E-state index contributed by atoms with van der Waals surface area (Å²) in [6, 6.07) is 4.02. The Labute approximate surface area is 68.6 Å². The number of nitrogens with zero attached hydrogens (tertiary/aromatic N) is 1. The van der Waals surface area contributed by atoms with Crippen molar-refractivity contribution < 1.29 is 9.18 Å². The Morgan fingerprint density at radius 3 is 3.17 bits per heavy atom. The molecule has 1 N–H and O–H groups in total. The Hall–Kier alpha value is -1.42. The van der Waals surface area contributed by atoms with Crippen molar-refractivity contribution in [2.24, 2.45) is 0 Å². The average Bonchev–Trinajstić information content (AvgIpc) is 2.07.